The van der Waals surface area contributed by atoms with E-state index < -0.39 is 28.6 Å². The molecule has 0 fully saturated rings. The highest BCUT2D eigenvalue weighted by atomic mass is 32.2. The van der Waals surface area contributed by atoms with Gasteiger partial charge in [0, 0.05) is 24.6 Å². The molecule has 1 amide bonds. The number of sulfonamides is 1. The van der Waals surface area contributed by atoms with E-state index in [9.17, 15) is 22.0 Å². The molecule has 8 nitrogen and oxygen atoms in total. The van der Waals surface area contributed by atoms with Crippen molar-refractivity contribution in [2.75, 3.05) is 20.8 Å². The predicted molar refractivity (Wildman–Crippen MR) is 114 cm³/mol. The number of para-hydroxylation sites is 1. The van der Waals surface area contributed by atoms with Crippen LogP contribution in [-0.4, -0.2) is 41.7 Å². The standard InChI is InChI=1S/C21H26F2N2O6S/c1-4-16(15-7-5-6-8-17(15)31-21(22)23)25-20(26)11-12-24-32(27,28)14-9-10-18(29-2)19(13-14)30-3/h5-10,13,16,21,24H,4,11-12H2,1-3H3,(H,25,26). The van der Waals surface area contributed by atoms with E-state index in [1.807, 2.05) is 0 Å². The molecule has 0 aliphatic carbocycles. The number of ether oxygens (including phenoxy) is 3. The van der Waals surface area contributed by atoms with E-state index in [1.165, 1.54) is 38.5 Å². The average Bonchev–Trinajstić information content (AvgIpc) is 2.77. The number of carbonyl (C=O) groups excluding carboxylic acids is 1. The quantitative estimate of drug-likeness (QED) is 0.492. The summed E-state index contributed by atoms with van der Waals surface area (Å²) in [5, 5.41) is 2.72. The monoisotopic (exact) mass is 472 g/mol. The number of nitrogens with one attached hydrogen (secondary N) is 2. The van der Waals surface area contributed by atoms with Crippen LogP contribution in [0.5, 0.6) is 17.2 Å². The van der Waals surface area contributed by atoms with Gasteiger partial charge in [0.2, 0.25) is 15.9 Å². The van der Waals surface area contributed by atoms with Gasteiger partial charge in [-0.05, 0) is 24.6 Å². The Labute approximate surface area is 185 Å². The Morgan fingerprint density at radius 2 is 1.72 bits per heavy atom. The van der Waals surface area contributed by atoms with Gasteiger partial charge in [-0.1, -0.05) is 25.1 Å². The molecular formula is C21H26F2N2O6S. The smallest absolute Gasteiger partial charge is 0.387 e. The van der Waals surface area contributed by atoms with Crippen molar-refractivity contribution in [2.24, 2.45) is 0 Å². The summed E-state index contributed by atoms with van der Waals surface area (Å²) in [6.45, 7) is -1.37. The maximum atomic E-state index is 12.6. The number of amides is 1. The van der Waals surface area contributed by atoms with Crippen LogP contribution in [0.2, 0.25) is 0 Å². The normalized spacial score (nSPS) is 12.3. The summed E-state index contributed by atoms with van der Waals surface area (Å²) in [6, 6.07) is 9.76. The number of methoxy groups -OCH3 is 2. The molecule has 0 saturated carbocycles. The number of rotatable bonds is 12. The molecule has 0 aliphatic rings. The van der Waals surface area contributed by atoms with Crippen LogP contribution in [0.15, 0.2) is 47.4 Å². The molecule has 2 aromatic carbocycles. The maximum absolute atomic E-state index is 12.6. The number of hydrogen-bond donors (Lipinski definition) is 2. The SMILES string of the molecule is CCC(NC(=O)CCNS(=O)(=O)c1ccc(OC)c(OC)c1)c1ccccc1OC(F)F. The second kappa shape index (κ2) is 11.6. The van der Waals surface area contributed by atoms with Crippen molar-refractivity contribution in [3.63, 3.8) is 0 Å². The minimum Gasteiger partial charge on any atom is -0.493 e. The van der Waals surface area contributed by atoms with Crippen LogP contribution >= 0.6 is 0 Å². The molecule has 176 valence electrons. The zero-order chi connectivity index (χ0) is 23.7. The second-order valence-corrected chi connectivity index (χ2v) is 8.38. The number of halogens is 2. The van der Waals surface area contributed by atoms with E-state index in [1.54, 1.807) is 25.1 Å². The summed E-state index contributed by atoms with van der Waals surface area (Å²) in [4.78, 5) is 12.3. The van der Waals surface area contributed by atoms with Crippen molar-refractivity contribution in [1.29, 1.82) is 0 Å². The third-order valence-corrected chi connectivity index (χ3v) is 6.02. The Balaban J connectivity index is 1.99. The lowest BCUT2D eigenvalue weighted by atomic mass is 10.0. The van der Waals surface area contributed by atoms with Crippen molar-refractivity contribution in [2.45, 2.75) is 37.3 Å². The first-order valence-electron chi connectivity index (χ1n) is 9.76. The molecule has 1 atom stereocenters. The van der Waals surface area contributed by atoms with Crippen molar-refractivity contribution >= 4 is 15.9 Å². The van der Waals surface area contributed by atoms with Crippen LogP contribution in [0.4, 0.5) is 8.78 Å². The Morgan fingerprint density at radius 3 is 2.34 bits per heavy atom. The lowest BCUT2D eigenvalue weighted by Gasteiger charge is -2.20. The number of hydrogen-bond acceptors (Lipinski definition) is 6. The summed E-state index contributed by atoms with van der Waals surface area (Å²) >= 11 is 0. The molecule has 32 heavy (non-hydrogen) atoms. The minimum atomic E-state index is -3.89. The fourth-order valence-electron chi connectivity index (χ4n) is 3.00. The Bertz CT molecular complexity index is 1020. The van der Waals surface area contributed by atoms with Gasteiger partial charge >= 0.3 is 6.61 Å². The zero-order valence-corrected chi connectivity index (χ0v) is 18.7. The van der Waals surface area contributed by atoms with Crippen molar-refractivity contribution in [1.82, 2.24) is 10.0 Å². The first kappa shape index (κ1) is 25.3. The van der Waals surface area contributed by atoms with Crippen LogP contribution < -0.4 is 24.2 Å². The van der Waals surface area contributed by atoms with Crippen LogP contribution in [0, 0.1) is 0 Å². The highest BCUT2D eigenvalue weighted by molar-refractivity contribution is 7.89. The fraction of sp³-hybridized carbons (Fsp3) is 0.381. The van der Waals surface area contributed by atoms with Gasteiger partial charge < -0.3 is 19.5 Å². The Hall–Kier alpha value is -2.92. The molecule has 1 unspecified atom stereocenters. The Kier molecular flexibility index (Phi) is 9.21. The van der Waals surface area contributed by atoms with E-state index in [0.29, 0.717) is 17.7 Å². The van der Waals surface area contributed by atoms with Crippen molar-refractivity contribution in [3.05, 3.63) is 48.0 Å². The first-order valence-corrected chi connectivity index (χ1v) is 11.2. The molecule has 0 aliphatic heterocycles. The molecular weight excluding hydrogens is 446 g/mol. The summed E-state index contributed by atoms with van der Waals surface area (Å²) in [5.41, 5.74) is 0.412. The molecule has 2 rings (SSSR count). The molecule has 0 aromatic heterocycles. The molecule has 0 heterocycles. The summed E-state index contributed by atoms with van der Waals surface area (Å²) < 4.78 is 67.4. The molecule has 2 aromatic rings. The van der Waals surface area contributed by atoms with Gasteiger partial charge in [0.25, 0.3) is 0 Å². The fourth-order valence-corrected chi connectivity index (χ4v) is 4.05. The van der Waals surface area contributed by atoms with Crippen molar-refractivity contribution in [3.8, 4) is 17.2 Å². The zero-order valence-electron chi connectivity index (χ0n) is 17.9. The second-order valence-electron chi connectivity index (χ2n) is 6.61. The van der Waals surface area contributed by atoms with Gasteiger partial charge in [0.05, 0.1) is 25.2 Å². The molecule has 0 radical (unpaired) electrons. The average molecular weight is 473 g/mol. The van der Waals surface area contributed by atoms with Gasteiger partial charge in [-0.2, -0.15) is 8.78 Å². The van der Waals surface area contributed by atoms with Gasteiger partial charge in [-0.25, -0.2) is 13.1 Å². The van der Waals surface area contributed by atoms with Gasteiger partial charge in [-0.15, -0.1) is 0 Å². The van der Waals surface area contributed by atoms with Crippen molar-refractivity contribution < 1.29 is 36.2 Å². The third-order valence-electron chi connectivity index (χ3n) is 4.56. The first-order chi connectivity index (χ1) is 15.2. The van der Waals surface area contributed by atoms with Gasteiger partial charge in [0.15, 0.2) is 11.5 Å². The third kappa shape index (κ3) is 6.79. The van der Waals surface area contributed by atoms with E-state index in [4.69, 9.17) is 9.47 Å². The summed E-state index contributed by atoms with van der Waals surface area (Å²) in [6.07, 6.45) is 0.271. The summed E-state index contributed by atoms with van der Waals surface area (Å²) in [7, 11) is -1.06. The number of benzene rings is 2. The lowest BCUT2D eigenvalue weighted by molar-refractivity contribution is -0.121. The molecule has 0 bridgehead atoms. The van der Waals surface area contributed by atoms with Crippen LogP contribution in [0.25, 0.3) is 0 Å². The van der Waals surface area contributed by atoms with Crippen LogP contribution in [0.3, 0.4) is 0 Å². The van der Waals surface area contributed by atoms with Gasteiger partial charge in [-0.3, -0.25) is 4.79 Å². The van der Waals surface area contributed by atoms with Crippen LogP contribution in [0.1, 0.15) is 31.4 Å². The van der Waals surface area contributed by atoms with Crippen LogP contribution in [-0.2, 0) is 14.8 Å². The van der Waals surface area contributed by atoms with E-state index in [0.717, 1.165) is 0 Å². The Morgan fingerprint density at radius 1 is 1.03 bits per heavy atom. The topological polar surface area (TPSA) is 103 Å². The van der Waals surface area contributed by atoms with E-state index in [-0.39, 0.29) is 29.4 Å². The minimum absolute atomic E-state index is 0.0243. The summed E-state index contributed by atoms with van der Waals surface area (Å²) in [5.74, 6) is 0.165. The predicted octanol–water partition coefficient (Wildman–Crippen LogP) is 3.24. The lowest BCUT2D eigenvalue weighted by Crippen LogP contribution is -2.33. The highest BCUT2D eigenvalue weighted by Crippen LogP contribution is 2.30. The largest absolute Gasteiger partial charge is 0.493 e. The van der Waals surface area contributed by atoms with E-state index >= 15 is 0 Å². The number of alkyl halides is 2. The van der Waals surface area contributed by atoms with E-state index in [2.05, 4.69) is 14.8 Å². The molecule has 0 saturated heterocycles. The highest BCUT2D eigenvalue weighted by Gasteiger charge is 2.20. The van der Waals surface area contributed by atoms with Gasteiger partial charge in [0.1, 0.15) is 5.75 Å². The molecule has 0 spiro atoms. The number of carbonyl (C=O) groups is 1. The maximum Gasteiger partial charge on any atom is 0.387 e. The molecule has 11 heteroatoms. The molecule has 2 N–H and O–H groups in total.